The van der Waals surface area contributed by atoms with Gasteiger partial charge in [0.2, 0.25) is 0 Å². The van der Waals surface area contributed by atoms with Crippen LogP contribution in [0.4, 0.5) is 5.69 Å². The second-order valence-corrected chi connectivity index (χ2v) is 4.94. The summed E-state index contributed by atoms with van der Waals surface area (Å²) in [7, 11) is 1.54. The van der Waals surface area contributed by atoms with Crippen LogP contribution in [-0.2, 0) is 4.74 Å². The molecule has 1 saturated heterocycles. The summed E-state index contributed by atoms with van der Waals surface area (Å²) in [5.41, 5.74) is 6.85. The van der Waals surface area contributed by atoms with Crippen molar-refractivity contribution in [1.82, 2.24) is 4.90 Å². The molecule has 1 fully saturated rings. The lowest BCUT2D eigenvalue weighted by atomic mass is 10.1. The molecule has 110 valence electrons. The van der Waals surface area contributed by atoms with Gasteiger partial charge in [0, 0.05) is 31.5 Å². The normalized spacial score (nSPS) is 18.0. The minimum absolute atomic E-state index is 0.0418. The van der Waals surface area contributed by atoms with Crippen LogP contribution in [-0.4, -0.2) is 43.7 Å². The Labute approximate surface area is 119 Å². The lowest BCUT2D eigenvalue weighted by molar-refractivity contribution is 0.0537. The van der Waals surface area contributed by atoms with Gasteiger partial charge in [-0.1, -0.05) is 0 Å². The van der Waals surface area contributed by atoms with Crippen molar-refractivity contribution >= 4 is 11.6 Å². The maximum atomic E-state index is 12.6. The number of likely N-dealkylation sites (N-methyl/N-ethyl adjacent to an activating group) is 1. The molecule has 1 atom stereocenters. The highest BCUT2D eigenvalue weighted by Gasteiger charge is 2.24. The fourth-order valence-electron chi connectivity index (χ4n) is 2.44. The largest absolute Gasteiger partial charge is 0.496 e. The number of nitrogen functional groups attached to an aromatic ring is 1. The third-order valence-corrected chi connectivity index (χ3v) is 3.57. The quantitative estimate of drug-likeness (QED) is 0.836. The molecule has 1 heterocycles. The molecule has 20 heavy (non-hydrogen) atoms. The van der Waals surface area contributed by atoms with E-state index in [1.807, 2.05) is 6.92 Å². The van der Waals surface area contributed by atoms with E-state index in [9.17, 15) is 4.79 Å². The van der Waals surface area contributed by atoms with Gasteiger partial charge in [-0.05, 0) is 31.9 Å². The highest BCUT2D eigenvalue weighted by molar-refractivity contribution is 5.97. The van der Waals surface area contributed by atoms with Gasteiger partial charge >= 0.3 is 0 Å². The Morgan fingerprint density at radius 2 is 2.35 bits per heavy atom. The van der Waals surface area contributed by atoms with Crippen molar-refractivity contribution < 1.29 is 14.3 Å². The standard InChI is InChI=1S/C15H22N2O3/c1-3-17(10-12-5-4-8-20-12)15(18)13-7-6-11(16)9-14(13)19-2/h6-7,9,12H,3-5,8,10,16H2,1-2H3. The minimum Gasteiger partial charge on any atom is -0.496 e. The first-order valence-electron chi connectivity index (χ1n) is 7.00. The molecule has 1 unspecified atom stereocenters. The molecule has 0 spiro atoms. The highest BCUT2D eigenvalue weighted by Crippen LogP contribution is 2.24. The van der Waals surface area contributed by atoms with Crippen LogP contribution in [0.25, 0.3) is 0 Å². The molecule has 0 radical (unpaired) electrons. The van der Waals surface area contributed by atoms with E-state index in [1.165, 1.54) is 0 Å². The summed E-state index contributed by atoms with van der Waals surface area (Å²) < 4.78 is 10.9. The van der Waals surface area contributed by atoms with Crippen LogP contribution in [0.2, 0.25) is 0 Å². The van der Waals surface area contributed by atoms with E-state index in [4.69, 9.17) is 15.2 Å². The van der Waals surface area contributed by atoms with Gasteiger partial charge in [-0.15, -0.1) is 0 Å². The van der Waals surface area contributed by atoms with Crippen LogP contribution in [0.5, 0.6) is 5.75 Å². The number of nitrogens with zero attached hydrogens (tertiary/aromatic N) is 1. The van der Waals surface area contributed by atoms with Crippen molar-refractivity contribution in [3.63, 3.8) is 0 Å². The summed E-state index contributed by atoms with van der Waals surface area (Å²) in [5.74, 6) is 0.473. The Morgan fingerprint density at radius 3 is 2.95 bits per heavy atom. The van der Waals surface area contributed by atoms with Gasteiger partial charge in [0.25, 0.3) is 5.91 Å². The van der Waals surface area contributed by atoms with Crippen LogP contribution in [0.1, 0.15) is 30.1 Å². The number of ether oxygens (including phenoxy) is 2. The predicted octanol–water partition coefficient (Wildman–Crippen LogP) is 1.92. The molecule has 1 aliphatic rings. The number of nitrogens with two attached hydrogens (primary N) is 1. The Morgan fingerprint density at radius 1 is 1.55 bits per heavy atom. The molecule has 1 aromatic carbocycles. The Kier molecular flexibility index (Phi) is 4.84. The zero-order valence-corrected chi connectivity index (χ0v) is 12.1. The maximum Gasteiger partial charge on any atom is 0.257 e. The Hall–Kier alpha value is -1.75. The second kappa shape index (κ2) is 6.61. The van der Waals surface area contributed by atoms with E-state index in [2.05, 4.69) is 0 Å². The van der Waals surface area contributed by atoms with Crippen LogP contribution >= 0.6 is 0 Å². The number of carbonyl (C=O) groups excluding carboxylic acids is 1. The van der Waals surface area contributed by atoms with Crippen molar-refractivity contribution in [3.8, 4) is 5.75 Å². The molecule has 1 aliphatic heterocycles. The van der Waals surface area contributed by atoms with Crippen molar-refractivity contribution in [2.45, 2.75) is 25.9 Å². The third kappa shape index (κ3) is 3.22. The molecule has 1 amide bonds. The van der Waals surface area contributed by atoms with Crippen molar-refractivity contribution in [1.29, 1.82) is 0 Å². The number of hydrogen-bond acceptors (Lipinski definition) is 4. The zero-order chi connectivity index (χ0) is 14.5. The number of hydrogen-bond donors (Lipinski definition) is 1. The van der Waals surface area contributed by atoms with Crippen molar-refractivity contribution in [3.05, 3.63) is 23.8 Å². The molecule has 0 bridgehead atoms. The molecule has 1 aromatic rings. The van der Waals surface area contributed by atoms with Gasteiger partial charge in [-0.3, -0.25) is 4.79 Å². The Balaban J connectivity index is 2.14. The monoisotopic (exact) mass is 278 g/mol. The molecule has 5 nitrogen and oxygen atoms in total. The topological polar surface area (TPSA) is 64.8 Å². The van der Waals surface area contributed by atoms with Gasteiger partial charge in [0.05, 0.1) is 18.8 Å². The summed E-state index contributed by atoms with van der Waals surface area (Å²) in [4.78, 5) is 14.4. The molecule has 0 saturated carbocycles. The van der Waals surface area contributed by atoms with E-state index in [0.29, 0.717) is 30.1 Å². The van der Waals surface area contributed by atoms with Gasteiger partial charge in [-0.25, -0.2) is 0 Å². The van der Waals surface area contributed by atoms with Crippen molar-refractivity contribution in [2.24, 2.45) is 0 Å². The molecule has 5 heteroatoms. The first kappa shape index (κ1) is 14.7. The summed E-state index contributed by atoms with van der Waals surface area (Å²) in [6, 6.07) is 5.11. The first-order valence-corrected chi connectivity index (χ1v) is 7.00. The van der Waals surface area contributed by atoms with E-state index >= 15 is 0 Å². The number of rotatable bonds is 5. The average Bonchev–Trinajstić information content (AvgIpc) is 2.96. The molecule has 2 N–H and O–H groups in total. The van der Waals surface area contributed by atoms with Crippen molar-refractivity contribution in [2.75, 3.05) is 32.5 Å². The van der Waals surface area contributed by atoms with Gasteiger partial charge in [-0.2, -0.15) is 0 Å². The fourth-order valence-corrected chi connectivity index (χ4v) is 2.44. The lowest BCUT2D eigenvalue weighted by Crippen LogP contribution is -2.37. The molecule has 0 aliphatic carbocycles. The summed E-state index contributed by atoms with van der Waals surface area (Å²) in [6.07, 6.45) is 2.24. The van der Waals surface area contributed by atoms with Crippen LogP contribution in [0.15, 0.2) is 18.2 Å². The van der Waals surface area contributed by atoms with Gasteiger partial charge < -0.3 is 20.1 Å². The zero-order valence-electron chi connectivity index (χ0n) is 12.1. The van der Waals surface area contributed by atoms with E-state index < -0.39 is 0 Å². The van der Waals surface area contributed by atoms with E-state index in [-0.39, 0.29) is 12.0 Å². The average molecular weight is 278 g/mol. The highest BCUT2D eigenvalue weighted by atomic mass is 16.5. The number of benzene rings is 1. The molecule has 2 rings (SSSR count). The van der Waals surface area contributed by atoms with Crippen LogP contribution in [0, 0.1) is 0 Å². The number of anilines is 1. The third-order valence-electron chi connectivity index (χ3n) is 3.57. The molecular weight excluding hydrogens is 256 g/mol. The minimum atomic E-state index is -0.0418. The predicted molar refractivity (Wildman–Crippen MR) is 78.0 cm³/mol. The molecular formula is C15H22N2O3. The van der Waals surface area contributed by atoms with E-state index in [1.54, 1.807) is 30.2 Å². The summed E-state index contributed by atoms with van der Waals surface area (Å²) in [5, 5.41) is 0. The number of methoxy groups -OCH3 is 1. The number of carbonyl (C=O) groups is 1. The second-order valence-electron chi connectivity index (χ2n) is 4.94. The van der Waals surface area contributed by atoms with Gasteiger partial charge in [0.15, 0.2) is 0 Å². The van der Waals surface area contributed by atoms with Crippen LogP contribution < -0.4 is 10.5 Å². The van der Waals surface area contributed by atoms with Crippen LogP contribution in [0.3, 0.4) is 0 Å². The SMILES string of the molecule is CCN(CC1CCCO1)C(=O)c1ccc(N)cc1OC. The maximum absolute atomic E-state index is 12.6. The summed E-state index contributed by atoms with van der Waals surface area (Å²) >= 11 is 0. The summed E-state index contributed by atoms with van der Waals surface area (Å²) in [6.45, 7) is 4.04. The van der Waals surface area contributed by atoms with Gasteiger partial charge in [0.1, 0.15) is 5.75 Å². The Bertz CT molecular complexity index is 470. The lowest BCUT2D eigenvalue weighted by Gasteiger charge is -2.24. The fraction of sp³-hybridized carbons (Fsp3) is 0.533. The molecule has 0 aromatic heterocycles. The first-order chi connectivity index (χ1) is 9.65. The smallest absolute Gasteiger partial charge is 0.257 e. The number of amides is 1. The van der Waals surface area contributed by atoms with E-state index in [0.717, 1.165) is 19.4 Å².